The molecule has 0 amide bonds. The molecule has 0 radical (unpaired) electrons. The molecule has 35 rings (SSSR count). The molecule has 1 aromatic carbocycles. The summed E-state index contributed by atoms with van der Waals surface area (Å²) in [4.78, 5) is 0. The first-order chi connectivity index (χ1) is 70.5. The van der Waals surface area contributed by atoms with Gasteiger partial charge in [-0.15, -0.1) is 0 Å². The summed E-state index contributed by atoms with van der Waals surface area (Å²) in [5.74, 6) is 24.1. The molecule has 0 nitrogen and oxygen atoms in total. The van der Waals surface area contributed by atoms with Crippen molar-refractivity contribution in [3.63, 3.8) is 0 Å². The van der Waals surface area contributed by atoms with Gasteiger partial charge in [0, 0.05) is 0 Å². The summed E-state index contributed by atoms with van der Waals surface area (Å²) in [6.07, 6.45) is 183. The van der Waals surface area contributed by atoms with E-state index in [1.54, 1.807) is 254 Å². The summed E-state index contributed by atoms with van der Waals surface area (Å²) < 4.78 is 0. The van der Waals surface area contributed by atoms with E-state index in [4.69, 9.17) is 0 Å². The maximum Gasteiger partial charge on any atom is -0.00169 e. The van der Waals surface area contributed by atoms with Gasteiger partial charge in [0.1, 0.15) is 0 Å². The quantitative estimate of drug-likeness (QED) is 0.179. The lowest BCUT2D eigenvalue weighted by Crippen LogP contribution is -2.28. The summed E-state index contributed by atoms with van der Waals surface area (Å²) >= 11 is 0. The Kier molecular flexibility index (Phi) is 60.4. The van der Waals surface area contributed by atoms with E-state index in [1.165, 1.54) is 455 Å². The zero-order valence-electron chi connectivity index (χ0n) is 94.3. The second kappa shape index (κ2) is 74.0. The first kappa shape index (κ1) is 116. The molecule has 142 heavy (non-hydrogen) atoms. The number of benzene rings is 1. The normalized spacial score (nSPS) is 35.0. The van der Waals surface area contributed by atoms with Crippen LogP contribution < -0.4 is 0 Å². The van der Waals surface area contributed by atoms with Gasteiger partial charge in [-0.2, -0.15) is 0 Å². The standard InChI is InChI=1S/C10H18.C10H12.2C9H16.C8H14.C8H10.C8H14.C7H12.C7H10.C7H12.C7H14.C6H10.C6H12.C6H10.2C6H8.C5H8.C5H10.C5H8.C4H8.C3H6/c2*1-2-6-10-8-4-3-7-9(10)5-1;2*1-2-5-9-7-3-6-8(9)4-1;2*1-3-7-5-2-6-8(7)4-1;1-2-8-5-3-7(1)4-6-8;2*1-2-7-4-3-6(1)5-7;1-2-6-4-7(3-1)5-6;1-2-4-6-7-5-3-1;1-2-5-4-6(5)3-1;4*1-2-4-6-5-3-1;1-2-5-3-4(1)5;2*1-2-4-5-3-1;1-2-4-3-1;1-2-3-1/h9-10H,1-8H2;1-2,5-6H,3-4,7-8H2;2*8-9H,1-7H2;7-8H,1-6H2;1,3-4,7H,2,5-6H2;7-8H,1-6H2;6-7H,1-5H2;1-2,6-7H,3-5H2;6-7H,1-5H2;1-7H2;5-6H,1-4H2;1-6H2;1-2H,3-6H2;1-2,5-6H,3-4H2;1-4H,5-6H2;4-5H,1-3H2;1-5H2;1-2H,3-5H2;1-4H2;1-3H2. The Labute approximate surface area is 885 Å². The average molecular weight is 1940 g/mol. The van der Waals surface area contributed by atoms with Crippen LogP contribution in [0.1, 0.15) is 621 Å². The van der Waals surface area contributed by atoms with Crippen molar-refractivity contribution in [2.75, 3.05) is 0 Å². The first-order valence-electron chi connectivity index (χ1n) is 66.6. The fourth-order valence-corrected chi connectivity index (χ4v) is 31.0. The van der Waals surface area contributed by atoms with Crippen LogP contribution in [0.3, 0.4) is 0 Å². The van der Waals surface area contributed by atoms with Crippen molar-refractivity contribution in [1.82, 2.24) is 0 Å². The lowest BCUT2D eigenvalue weighted by atomic mass is 9.65. The minimum atomic E-state index is 0.856. The predicted molar refractivity (Wildman–Crippen MR) is 627 cm³/mol. The summed E-state index contributed by atoms with van der Waals surface area (Å²) in [6, 6.07) is 8.80. The summed E-state index contributed by atoms with van der Waals surface area (Å²) in [5.41, 5.74) is 4.83. The highest BCUT2D eigenvalue weighted by Gasteiger charge is 2.45. The molecule has 1 aromatic rings. The van der Waals surface area contributed by atoms with E-state index in [1.807, 2.05) is 0 Å². The maximum absolute atomic E-state index is 2.38. The van der Waals surface area contributed by atoms with Gasteiger partial charge in [0.15, 0.2) is 0 Å². The zero-order chi connectivity index (χ0) is 97.3. The molecule has 0 heteroatoms. The fraction of sp³-hybridized carbons (Fsp3) is 0.831. The SMILES string of the molecule is C1=CC2CCC1C2.C1=CC2CCCC2=C1.C1=CCC=CC1.C1=CCCC1.C1=CCCC=C1.C1=CCCCC1.C1CC1.C1CC2CC(C1)C2.C1CC2CC12.C1CC2CC2C1.C1CC2CCC1C2.C1CC2CCC1CC2.C1CC2CCCC2C1.C1CCC1.C1CCC2CCCC2C1.C1CCC2CCCC2C1.C1CCC2CCCCC2C1.C1CCCC1.C1CCCCC1.C1CCCCCC1.c1ccc2c(c1)CCCC2. The van der Waals surface area contributed by atoms with Crippen LogP contribution in [0, 0.1) is 124 Å². The zero-order valence-corrected chi connectivity index (χ0v) is 94.3. The third-order valence-corrected chi connectivity index (χ3v) is 41.4. The van der Waals surface area contributed by atoms with Crippen LogP contribution in [-0.2, 0) is 12.8 Å². The van der Waals surface area contributed by atoms with E-state index in [-0.39, 0.29) is 0 Å². The molecule has 34 aliphatic carbocycles. The average Bonchev–Trinajstić information content (AvgIpc) is 1.64. The third-order valence-electron chi connectivity index (χ3n) is 41.4. The molecule has 11 atom stereocenters. The maximum atomic E-state index is 2.38. The lowest BCUT2D eigenvalue weighted by molar-refractivity contribution is 0.116. The van der Waals surface area contributed by atoms with Gasteiger partial charge in [-0.25, -0.2) is 0 Å². The van der Waals surface area contributed by atoms with E-state index >= 15 is 0 Å². The van der Waals surface area contributed by atoms with Crippen LogP contribution in [0.4, 0.5) is 0 Å². The van der Waals surface area contributed by atoms with Gasteiger partial charge in [-0.3, -0.25) is 0 Å². The van der Waals surface area contributed by atoms with Gasteiger partial charge in [0.2, 0.25) is 0 Å². The molecule has 27 fully saturated rings. The number of allylic oxidation sites excluding steroid dienone is 18. The molecule has 34 aliphatic rings. The molecule has 8 bridgehead atoms. The van der Waals surface area contributed by atoms with Crippen molar-refractivity contribution >= 4 is 0 Å². The summed E-state index contributed by atoms with van der Waals surface area (Å²) in [7, 11) is 0. The second-order valence-corrected chi connectivity index (χ2v) is 52.8. The Morgan fingerprint density at radius 1 is 0.155 bits per heavy atom. The predicted octanol–water partition coefficient (Wildman–Crippen LogP) is 46.3. The van der Waals surface area contributed by atoms with E-state index < -0.39 is 0 Å². The largest absolute Gasteiger partial charge is 0.0885 e. The Bertz CT molecular complexity index is 3220. The molecular weight excluding hydrogens is 1710 g/mol. The molecular formula is C142H236. The number of hydrogen-bond donors (Lipinski definition) is 0. The third kappa shape index (κ3) is 50.0. The highest BCUT2D eigenvalue weighted by Crippen LogP contribution is 2.56. The van der Waals surface area contributed by atoms with Gasteiger partial charge in [0.05, 0.1) is 0 Å². The highest BCUT2D eigenvalue weighted by atomic mass is 14.5. The van der Waals surface area contributed by atoms with Gasteiger partial charge in [0.25, 0.3) is 0 Å². The molecule has 27 saturated carbocycles. The van der Waals surface area contributed by atoms with E-state index in [0.29, 0.717) is 0 Å². The number of aryl methyl sites for hydroxylation is 2. The second-order valence-electron chi connectivity index (χ2n) is 52.8. The van der Waals surface area contributed by atoms with Crippen molar-refractivity contribution in [2.24, 2.45) is 124 Å². The molecule has 804 valence electrons. The Balaban J connectivity index is 0.000000126. The van der Waals surface area contributed by atoms with Crippen molar-refractivity contribution in [3.05, 3.63) is 144 Å². The molecule has 0 N–H and O–H groups in total. The lowest BCUT2D eigenvalue weighted by Gasteiger charge is -2.40. The van der Waals surface area contributed by atoms with Crippen LogP contribution in [0.5, 0.6) is 0 Å². The van der Waals surface area contributed by atoms with Crippen LogP contribution in [0.25, 0.3) is 0 Å². The Morgan fingerprint density at radius 3 is 0.627 bits per heavy atom. The minimum absolute atomic E-state index is 0.856. The number of fused-ring (bicyclic) bond motifs is 17. The molecule has 0 spiro atoms. The molecule has 0 saturated heterocycles. The Hall–Kier alpha value is -3.12. The minimum Gasteiger partial charge on any atom is -0.0885 e. The Morgan fingerprint density at radius 2 is 0.437 bits per heavy atom. The monoisotopic (exact) mass is 1940 g/mol. The summed E-state index contributed by atoms with van der Waals surface area (Å²) in [6.45, 7) is 0. The van der Waals surface area contributed by atoms with Crippen molar-refractivity contribution in [3.8, 4) is 0 Å². The van der Waals surface area contributed by atoms with Crippen LogP contribution in [0.15, 0.2) is 133 Å². The van der Waals surface area contributed by atoms with Crippen LogP contribution >= 0.6 is 0 Å². The van der Waals surface area contributed by atoms with Gasteiger partial charge < -0.3 is 0 Å². The topological polar surface area (TPSA) is 0 Å². The fourth-order valence-electron chi connectivity index (χ4n) is 31.0. The summed E-state index contributed by atoms with van der Waals surface area (Å²) in [5, 5.41) is 0. The van der Waals surface area contributed by atoms with Gasteiger partial charge in [-0.1, -0.05) is 576 Å². The van der Waals surface area contributed by atoms with Crippen molar-refractivity contribution in [1.29, 1.82) is 0 Å². The van der Waals surface area contributed by atoms with Crippen molar-refractivity contribution < 1.29 is 0 Å². The molecule has 11 unspecified atom stereocenters. The van der Waals surface area contributed by atoms with E-state index in [0.717, 1.165) is 54.3 Å². The van der Waals surface area contributed by atoms with Crippen LogP contribution in [-0.4, -0.2) is 0 Å². The number of hydrogen-bond acceptors (Lipinski definition) is 0. The van der Waals surface area contributed by atoms with Gasteiger partial charge >= 0.3 is 0 Å². The van der Waals surface area contributed by atoms with Gasteiger partial charge in [-0.05, 0) is 315 Å². The van der Waals surface area contributed by atoms with E-state index in [2.05, 4.69) is 128 Å². The highest BCUT2D eigenvalue weighted by molar-refractivity contribution is 5.30. The van der Waals surface area contributed by atoms with Crippen LogP contribution in [0.2, 0.25) is 0 Å². The molecule has 0 aromatic heterocycles. The first-order valence-corrected chi connectivity index (χ1v) is 66.6. The van der Waals surface area contributed by atoms with Crippen molar-refractivity contribution in [2.45, 2.75) is 623 Å². The number of rotatable bonds is 0. The smallest absolute Gasteiger partial charge is 0.00169 e. The van der Waals surface area contributed by atoms with E-state index in [9.17, 15) is 0 Å². The molecule has 0 aliphatic heterocycles. The molecule has 0 heterocycles.